The molecular formula is C18H21N3O2S. The van der Waals surface area contributed by atoms with Gasteiger partial charge in [-0.15, -0.1) is 11.3 Å². The molecule has 24 heavy (non-hydrogen) atoms. The molecule has 126 valence electrons. The zero-order valence-electron chi connectivity index (χ0n) is 13.6. The van der Waals surface area contributed by atoms with Crippen molar-refractivity contribution in [3.8, 4) is 10.6 Å². The number of piperidine rings is 1. The molecule has 1 atom stereocenters. The fourth-order valence-electron chi connectivity index (χ4n) is 3.38. The SMILES string of the molecule is O=C(C1CC1)N1CCC[C@H](Cn2nc(-c3cccs3)ccc2=O)C1. The van der Waals surface area contributed by atoms with Gasteiger partial charge >= 0.3 is 0 Å². The van der Waals surface area contributed by atoms with E-state index in [4.69, 9.17) is 0 Å². The summed E-state index contributed by atoms with van der Waals surface area (Å²) >= 11 is 1.62. The summed E-state index contributed by atoms with van der Waals surface area (Å²) in [5.41, 5.74) is 0.771. The maximum absolute atomic E-state index is 12.3. The third-order valence-electron chi connectivity index (χ3n) is 4.83. The van der Waals surface area contributed by atoms with E-state index in [2.05, 4.69) is 5.10 Å². The predicted octanol–water partition coefficient (Wildman–Crippen LogP) is 2.62. The lowest BCUT2D eigenvalue weighted by Crippen LogP contribution is -2.42. The van der Waals surface area contributed by atoms with Crippen LogP contribution in [0.15, 0.2) is 34.4 Å². The lowest BCUT2D eigenvalue weighted by molar-refractivity contribution is -0.134. The molecule has 2 aliphatic rings. The highest BCUT2D eigenvalue weighted by atomic mass is 32.1. The van der Waals surface area contributed by atoms with Crippen LogP contribution in [-0.2, 0) is 11.3 Å². The molecule has 1 aliphatic heterocycles. The molecule has 1 aliphatic carbocycles. The van der Waals surface area contributed by atoms with Gasteiger partial charge in [0.25, 0.3) is 5.56 Å². The Balaban J connectivity index is 1.49. The summed E-state index contributed by atoms with van der Waals surface area (Å²) in [7, 11) is 0. The van der Waals surface area contributed by atoms with E-state index in [0.29, 0.717) is 18.4 Å². The monoisotopic (exact) mass is 343 g/mol. The summed E-state index contributed by atoms with van der Waals surface area (Å²) in [5.74, 6) is 0.893. The van der Waals surface area contributed by atoms with Gasteiger partial charge in [-0.1, -0.05) is 6.07 Å². The zero-order chi connectivity index (χ0) is 16.5. The summed E-state index contributed by atoms with van der Waals surface area (Å²) in [5, 5.41) is 6.55. The molecule has 0 aromatic carbocycles. The van der Waals surface area contributed by atoms with E-state index < -0.39 is 0 Å². The Morgan fingerprint density at radius 2 is 2.12 bits per heavy atom. The van der Waals surface area contributed by atoms with Gasteiger partial charge < -0.3 is 4.90 Å². The molecule has 2 fully saturated rings. The van der Waals surface area contributed by atoms with Crippen molar-refractivity contribution in [3.63, 3.8) is 0 Å². The van der Waals surface area contributed by atoms with Gasteiger partial charge in [0.05, 0.1) is 4.88 Å². The van der Waals surface area contributed by atoms with E-state index in [1.807, 2.05) is 22.4 Å². The average molecular weight is 343 g/mol. The molecule has 0 bridgehead atoms. The van der Waals surface area contributed by atoms with Crippen LogP contribution < -0.4 is 5.56 Å². The van der Waals surface area contributed by atoms with Crippen molar-refractivity contribution < 1.29 is 4.79 Å². The number of amides is 1. The number of carbonyl (C=O) groups is 1. The Hall–Kier alpha value is -1.95. The predicted molar refractivity (Wildman–Crippen MR) is 93.8 cm³/mol. The fourth-order valence-corrected chi connectivity index (χ4v) is 4.07. The Morgan fingerprint density at radius 3 is 2.88 bits per heavy atom. The van der Waals surface area contributed by atoms with E-state index in [0.717, 1.165) is 49.3 Å². The van der Waals surface area contributed by atoms with Crippen LogP contribution >= 0.6 is 11.3 Å². The van der Waals surface area contributed by atoms with Crippen molar-refractivity contribution >= 4 is 17.2 Å². The quantitative estimate of drug-likeness (QED) is 0.857. The summed E-state index contributed by atoms with van der Waals surface area (Å²) in [6.45, 7) is 2.21. The van der Waals surface area contributed by atoms with Crippen LogP contribution in [-0.4, -0.2) is 33.7 Å². The first-order valence-corrected chi connectivity index (χ1v) is 9.49. The first kappa shape index (κ1) is 15.6. The number of likely N-dealkylation sites (tertiary alicyclic amines) is 1. The van der Waals surface area contributed by atoms with E-state index in [1.54, 1.807) is 28.2 Å². The second-order valence-corrected chi connectivity index (χ2v) is 7.73. The number of aromatic nitrogens is 2. The first-order chi connectivity index (χ1) is 11.7. The third kappa shape index (κ3) is 3.29. The summed E-state index contributed by atoms with van der Waals surface area (Å²) in [4.78, 5) is 27.5. The van der Waals surface area contributed by atoms with Crippen molar-refractivity contribution in [1.82, 2.24) is 14.7 Å². The number of hydrogen-bond acceptors (Lipinski definition) is 4. The van der Waals surface area contributed by atoms with Crippen molar-refractivity contribution in [2.24, 2.45) is 11.8 Å². The number of carbonyl (C=O) groups excluding carboxylic acids is 1. The third-order valence-corrected chi connectivity index (χ3v) is 5.72. The minimum atomic E-state index is -0.0686. The maximum atomic E-state index is 12.3. The fraction of sp³-hybridized carbons (Fsp3) is 0.500. The Morgan fingerprint density at radius 1 is 1.25 bits per heavy atom. The number of nitrogens with zero attached hydrogens (tertiary/aromatic N) is 3. The number of hydrogen-bond donors (Lipinski definition) is 0. The highest BCUT2D eigenvalue weighted by Gasteiger charge is 2.35. The maximum Gasteiger partial charge on any atom is 0.266 e. The molecule has 2 aromatic heterocycles. The van der Waals surface area contributed by atoms with Gasteiger partial charge in [-0.2, -0.15) is 5.10 Å². The molecule has 0 N–H and O–H groups in total. The van der Waals surface area contributed by atoms with Crippen LogP contribution in [0.5, 0.6) is 0 Å². The van der Waals surface area contributed by atoms with Crippen molar-refractivity contribution in [3.05, 3.63) is 40.0 Å². The number of rotatable bonds is 4. The van der Waals surface area contributed by atoms with Gasteiger partial charge in [0.15, 0.2) is 0 Å². The number of thiophene rings is 1. The second kappa shape index (κ2) is 6.51. The van der Waals surface area contributed by atoms with Gasteiger partial charge in [-0.05, 0) is 49.1 Å². The zero-order valence-corrected chi connectivity index (χ0v) is 14.4. The van der Waals surface area contributed by atoms with Crippen LogP contribution in [0, 0.1) is 11.8 Å². The summed E-state index contributed by atoms with van der Waals surface area (Å²) in [6, 6.07) is 7.38. The molecule has 0 spiro atoms. The van der Waals surface area contributed by atoms with E-state index >= 15 is 0 Å². The minimum absolute atomic E-state index is 0.0686. The van der Waals surface area contributed by atoms with Crippen LogP contribution in [0.4, 0.5) is 0 Å². The largest absolute Gasteiger partial charge is 0.342 e. The van der Waals surface area contributed by atoms with Gasteiger partial charge in [-0.3, -0.25) is 9.59 Å². The summed E-state index contributed by atoms with van der Waals surface area (Å²) in [6.07, 6.45) is 4.15. The van der Waals surface area contributed by atoms with Gasteiger partial charge in [0.2, 0.25) is 5.91 Å². The van der Waals surface area contributed by atoms with Crippen LogP contribution in [0.25, 0.3) is 10.6 Å². The van der Waals surface area contributed by atoms with Gasteiger partial charge in [-0.25, -0.2) is 4.68 Å². The Kier molecular flexibility index (Phi) is 4.22. The Labute approximate surface area is 144 Å². The average Bonchev–Trinajstić information content (AvgIpc) is 3.31. The molecule has 0 unspecified atom stereocenters. The topological polar surface area (TPSA) is 55.2 Å². The normalized spacial score (nSPS) is 21.0. The highest BCUT2D eigenvalue weighted by Crippen LogP contribution is 2.32. The van der Waals surface area contributed by atoms with E-state index in [-0.39, 0.29) is 11.5 Å². The molecule has 3 heterocycles. The van der Waals surface area contributed by atoms with Crippen molar-refractivity contribution in [1.29, 1.82) is 0 Å². The van der Waals surface area contributed by atoms with Gasteiger partial charge in [0, 0.05) is 31.6 Å². The minimum Gasteiger partial charge on any atom is -0.342 e. The molecule has 5 nitrogen and oxygen atoms in total. The molecule has 1 saturated carbocycles. The second-order valence-electron chi connectivity index (χ2n) is 6.78. The van der Waals surface area contributed by atoms with Crippen LogP contribution in [0.3, 0.4) is 0 Å². The molecule has 1 saturated heterocycles. The van der Waals surface area contributed by atoms with Crippen molar-refractivity contribution in [2.75, 3.05) is 13.1 Å². The summed E-state index contributed by atoms with van der Waals surface area (Å²) < 4.78 is 1.57. The standard InChI is InChI=1S/C18H21N3O2S/c22-17-8-7-15(16-4-2-10-24-16)19-21(17)12-13-3-1-9-20(11-13)18(23)14-5-6-14/h2,4,7-8,10,13-14H,1,3,5-6,9,11-12H2/t13-/m0/s1. The molecule has 1 amide bonds. The molecular weight excluding hydrogens is 322 g/mol. The lowest BCUT2D eigenvalue weighted by Gasteiger charge is -2.33. The van der Waals surface area contributed by atoms with Gasteiger partial charge in [0.1, 0.15) is 5.69 Å². The van der Waals surface area contributed by atoms with Crippen molar-refractivity contribution in [2.45, 2.75) is 32.2 Å². The first-order valence-electron chi connectivity index (χ1n) is 8.61. The molecule has 6 heteroatoms. The lowest BCUT2D eigenvalue weighted by atomic mass is 9.97. The molecule has 2 aromatic rings. The van der Waals surface area contributed by atoms with E-state index in [1.165, 1.54) is 0 Å². The van der Waals surface area contributed by atoms with E-state index in [9.17, 15) is 9.59 Å². The highest BCUT2D eigenvalue weighted by molar-refractivity contribution is 7.13. The van der Waals surface area contributed by atoms with Crippen LogP contribution in [0.2, 0.25) is 0 Å². The molecule has 4 rings (SSSR count). The smallest absolute Gasteiger partial charge is 0.266 e. The van der Waals surface area contributed by atoms with Crippen LogP contribution in [0.1, 0.15) is 25.7 Å². The Bertz CT molecular complexity index is 780. The molecule has 0 radical (unpaired) electrons.